The van der Waals surface area contributed by atoms with Crippen LogP contribution in [0.2, 0.25) is 0 Å². The second kappa shape index (κ2) is 9.66. The largest absolute Gasteiger partial charge is 0.494 e. The van der Waals surface area contributed by atoms with E-state index in [-0.39, 0.29) is 23.2 Å². The topological polar surface area (TPSA) is 137 Å². The fourth-order valence-electron chi connectivity index (χ4n) is 3.66. The maximum Gasteiger partial charge on any atom is 0.301 e. The standard InChI is InChI=1S/C23H23N7O4S/c1-33-16-9-6-10-17(34-2)18(16)30-21(20-24-19(25-26-20)15-11-12-15)27-28-22(30)23(31)29-35(32)13-14-7-4-3-5-8-14/h3-10,15H,11-13H2,1-2H3,(H,29,31)(H,24,25,26). The number of amides is 1. The lowest BCUT2D eigenvalue weighted by Gasteiger charge is -2.16. The zero-order valence-corrected chi connectivity index (χ0v) is 19.9. The fraction of sp³-hybridized carbons (Fsp3) is 0.261. The molecular formula is C23H23N7O4S. The Hall–Kier alpha value is -4.06. The molecule has 4 aromatic rings. The molecule has 1 aliphatic rings. The van der Waals surface area contributed by atoms with Crippen LogP contribution in [0.25, 0.3) is 17.3 Å². The smallest absolute Gasteiger partial charge is 0.301 e. The molecule has 1 amide bonds. The molecule has 0 saturated heterocycles. The first kappa shape index (κ1) is 22.7. The van der Waals surface area contributed by atoms with Gasteiger partial charge in [0.25, 0.3) is 0 Å². The molecule has 2 N–H and O–H groups in total. The number of para-hydroxylation sites is 1. The number of hydrogen-bond donors (Lipinski definition) is 2. The van der Waals surface area contributed by atoms with E-state index in [1.807, 2.05) is 30.3 Å². The Morgan fingerprint density at radius 1 is 1.09 bits per heavy atom. The Morgan fingerprint density at radius 2 is 1.80 bits per heavy atom. The van der Waals surface area contributed by atoms with Gasteiger partial charge in [0.05, 0.1) is 20.0 Å². The second-order valence-electron chi connectivity index (χ2n) is 7.92. The summed E-state index contributed by atoms with van der Waals surface area (Å²) >= 11 is 0. The molecule has 2 aromatic heterocycles. The van der Waals surface area contributed by atoms with Gasteiger partial charge in [0.2, 0.25) is 17.5 Å². The van der Waals surface area contributed by atoms with Gasteiger partial charge < -0.3 is 9.47 Å². The molecule has 2 aromatic carbocycles. The van der Waals surface area contributed by atoms with Gasteiger partial charge in [0.15, 0.2) is 0 Å². The number of aromatic amines is 1. The third kappa shape index (κ3) is 4.64. The van der Waals surface area contributed by atoms with Crippen LogP contribution in [0.3, 0.4) is 0 Å². The van der Waals surface area contributed by atoms with Crippen LogP contribution in [-0.2, 0) is 16.7 Å². The number of carbonyl (C=O) groups excluding carboxylic acids is 1. The highest BCUT2D eigenvalue weighted by Crippen LogP contribution is 2.39. The second-order valence-corrected chi connectivity index (χ2v) is 9.10. The number of benzene rings is 2. The highest BCUT2D eigenvalue weighted by Gasteiger charge is 2.31. The molecule has 35 heavy (non-hydrogen) atoms. The highest BCUT2D eigenvalue weighted by molar-refractivity contribution is 7.82. The Morgan fingerprint density at radius 3 is 2.46 bits per heavy atom. The molecule has 1 aliphatic carbocycles. The van der Waals surface area contributed by atoms with Crippen molar-refractivity contribution in [2.45, 2.75) is 24.5 Å². The minimum atomic E-state index is -1.69. The highest BCUT2D eigenvalue weighted by atomic mass is 32.2. The van der Waals surface area contributed by atoms with E-state index < -0.39 is 16.9 Å². The van der Waals surface area contributed by atoms with E-state index in [9.17, 15) is 9.00 Å². The first-order valence-corrected chi connectivity index (χ1v) is 12.2. The third-order valence-corrected chi connectivity index (χ3v) is 6.51. The normalized spacial score (nSPS) is 13.9. The van der Waals surface area contributed by atoms with Crippen molar-refractivity contribution in [1.29, 1.82) is 0 Å². The molecule has 11 nitrogen and oxygen atoms in total. The van der Waals surface area contributed by atoms with Gasteiger partial charge >= 0.3 is 5.91 Å². The van der Waals surface area contributed by atoms with E-state index in [2.05, 4.69) is 30.1 Å². The molecule has 12 heteroatoms. The Kier molecular flexibility index (Phi) is 6.27. The van der Waals surface area contributed by atoms with E-state index in [0.29, 0.717) is 23.1 Å². The lowest BCUT2D eigenvalue weighted by atomic mass is 10.2. The average Bonchev–Trinajstić information content (AvgIpc) is 3.44. The minimum Gasteiger partial charge on any atom is -0.494 e. The van der Waals surface area contributed by atoms with Crippen LogP contribution >= 0.6 is 0 Å². The van der Waals surface area contributed by atoms with E-state index in [0.717, 1.165) is 24.2 Å². The first-order valence-electron chi connectivity index (χ1n) is 10.9. The summed E-state index contributed by atoms with van der Waals surface area (Å²) in [5.41, 5.74) is 1.22. The molecule has 1 unspecified atom stereocenters. The number of H-pyrrole nitrogens is 1. The van der Waals surface area contributed by atoms with E-state index in [1.54, 1.807) is 18.2 Å². The van der Waals surface area contributed by atoms with Gasteiger partial charge in [-0.2, -0.15) is 0 Å². The van der Waals surface area contributed by atoms with Crippen molar-refractivity contribution in [1.82, 2.24) is 34.7 Å². The number of ether oxygens (including phenoxy) is 2. The van der Waals surface area contributed by atoms with Gasteiger partial charge in [-0.15, -0.1) is 15.3 Å². The van der Waals surface area contributed by atoms with Crippen LogP contribution in [0.15, 0.2) is 48.5 Å². The molecule has 1 fully saturated rings. The maximum atomic E-state index is 13.2. The van der Waals surface area contributed by atoms with Gasteiger partial charge in [-0.1, -0.05) is 36.4 Å². The van der Waals surface area contributed by atoms with Crippen molar-refractivity contribution in [3.8, 4) is 28.8 Å². The average molecular weight is 494 g/mol. The summed E-state index contributed by atoms with van der Waals surface area (Å²) in [5.74, 6) is 1.80. The van der Waals surface area contributed by atoms with Gasteiger partial charge in [-0.05, 0) is 30.5 Å². The zero-order valence-electron chi connectivity index (χ0n) is 19.1. The Bertz CT molecular complexity index is 1360. The number of carbonyl (C=O) groups is 1. The van der Waals surface area contributed by atoms with Gasteiger partial charge in [-0.3, -0.25) is 19.2 Å². The monoisotopic (exact) mass is 493 g/mol. The third-order valence-electron chi connectivity index (χ3n) is 5.51. The summed E-state index contributed by atoms with van der Waals surface area (Å²) in [6, 6.07) is 14.5. The van der Waals surface area contributed by atoms with Crippen LogP contribution in [0.5, 0.6) is 11.5 Å². The van der Waals surface area contributed by atoms with Crippen molar-refractivity contribution >= 4 is 16.9 Å². The Balaban J connectivity index is 1.56. The molecule has 1 atom stereocenters. The molecule has 2 heterocycles. The minimum absolute atomic E-state index is 0.109. The molecule has 0 radical (unpaired) electrons. The molecule has 0 spiro atoms. The number of nitrogens with one attached hydrogen (secondary N) is 2. The lowest BCUT2D eigenvalue weighted by molar-refractivity contribution is 0.0970. The van der Waals surface area contributed by atoms with Crippen LogP contribution in [0.1, 0.15) is 40.8 Å². The predicted octanol–water partition coefficient (Wildman–Crippen LogP) is 2.54. The number of nitrogens with zero attached hydrogens (tertiary/aromatic N) is 5. The van der Waals surface area contributed by atoms with Crippen molar-refractivity contribution in [2.75, 3.05) is 14.2 Å². The number of methoxy groups -OCH3 is 2. The van der Waals surface area contributed by atoms with Gasteiger partial charge in [-0.25, -0.2) is 9.19 Å². The van der Waals surface area contributed by atoms with E-state index in [4.69, 9.17) is 9.47 Å². The van der Waals surface area contributed by atoms with E-state index >= 15 is 0 Å². The van der Waals surface area contributed by atoms with Gasteiger partial charge in [0, 0.05) is 5.92 Å². The predicted molar refractivity (Wildman–Crippen MR) is 128 cm³/mol. The molecule has 0 aliphatic heterocycles. The summed E-state index contributed by atoms with van der Waals surface area (Å²) in [6.07, 6.45) is 2.09. The summed E-state index contributed by atoms with van der Waals surface area (Å²) in [4.78, 5) is 17.8. The van der Waals surface area contributed by atoms with Crippen molar-refractivity contribution < 1.29 is 18.5 Å². The maximum absolute atomic E-state index is 13.2. The fourth-order valence-corrected chi connectivity index (χ4v) is 4.53. The van der Waals surface area contributed by atoms with Crippen molar-refractivity contribution in [2.24, 2.45) is 0 Å². The summed E-state index contributed by atoms with van der Waals surface area (Å²) < 4.78 is 27.8. The van der Waals surface area contributed by atoms with Crippen LogP contribution in [0, 0.1) is 0 Å². The first-order chi connectivity index (χ1) is 17.1. The lowest BCUT2D eigenvalue weighted by Crippen LogP contribution is -2.29. The summed E-state index contributed by atoms with van der Waals surface area (Å²) in [5, 5.41) is 15.6. The summed E-state index contributed by atoms with van der Waals surface area (Å²) in [6.45, 7) is 0. The van der Waals surface area contributed by atoms with Crippen LogP contribution in [0.4, 0.5) is 0 Å². The quantitative estimate of drug-likeness (QED) is 0.363. The number of hydrogen-bond acceptors (Lipinski definition) is 8. The van der Waals surface area contributed by atoms with E-state index in [1.165, 1.54) is 18.8 Å². The SMILES string of the molecule is COc1cccc(OC)c1-n1c(C(=O)NS(=O)Cc2ccccc2)nnc1-c1n[nH]c(C2CC2)n1. The molecule has 1 saturated carbocycles. The zero-order chi connectivity index (χ0) is 24.4. The molecular weight excluding hydrogens is 470 g/mol. The number of rotatable bonds is 9. The van der Waals surface area contributed by atoms with Gasteiger partial charge in [0.1, 0.15) is 34.0 Å². The van der Waals surface area contributed by atoms with Crippen molar-refractivity contribution in [3.63, 3.8) is 0 Å². The Labute approximate surface area is 203 Å². The van der Waals surface area contributed by atoms with Crippen molar-refractivity contribution in [3.05, 3.63) is 65.7 Å². The summed E-state index contributed by atoms with van der Waals surface area (Å²) in [7, 11) is 1.33. The molecule has 180 valence electrons. The molecule has 5 rings (SSSR count). The molecule has 0 bridgehead atoms. The van der Waals surface area contributed by atoms with Crippen LogP contribution in [-0.4, -0.2) is 54.3 Å². The number of aromatic nitrogens is 6. The van der Waals surface area contributed by atoms with Crippen LogP contribution < -0.4 is 14.2 Å².